The van der Waals surface area contributed by atoms with E-state index in [0.29, 0.717) is 18.7 Å². The van der Waals surface area contributed by atoms with Gasteiger partial charge in [-0.1, -0.05) is 0 Å². The van der Waals surface area contributed by atoms with E-state index in [9.17, 15) is 9.90 Å². The fourth-order valence-corrected chi connectivity index (χ4v) is 2.53. The van der Waals surface area contributed by atoms with Crippen LogP contribution in [0.15, 0.2) is 12.3 Å². The summed E-state index contributed by atoms with van der Waals surface area (Å²) >= 11 is 0. The van der Waals surface area contributed by atoms with Crippen LogP contribution in [0.4, 0.5) is 0 Å². The molecule has 2 aromatic rings. The van der Waals surface area contributed by atoms with Crippen LogP contribution >= 0.6 is 0 Å². The third kappa shape index (κ3) is 1.88. The van der Waals surface area contributed by atoms with Gasteiger partial charge in [0.1, 0.15) is 0 Å². The summed E-state index contributed by atoms with van der Waals surface area (Å²) in [6, 6.07) is 1.82. The van der Waals surface area contributed by atoms with Crippen molar-refractivity contribution in [1.82, 2.24) is 19.7 Å². The van der Waals surface area contributed by atoms with Gasteiger partial charge in [-0.05, 0) is 19.9 Å². The number of rotatable bonds is 1. The fraction of sp³-hybridized carbons (Fsp3) is 0.462. The van der Waals surface area contributed by atoms with Crippen molar-refractivity contribution in [3.63, 3.8) is 0 Å². The summed E-state index contributed by atoms with van der Waals surface area (Å²) in [4.78, 5) is 18.1. The van der Waals surface area contributed by atoms with E-state index >= 15 is 0 Å². The zero-order chi connectivity index (χ0) is 13.8. The van der Waals surface area contributed by atoms with Crippen molar-refractivity contribution in [2.75, 3.05) is 13.1 Å². The molecule has 3 rings (SSSR count). The number of hydrogen-bond acceptors (Lipinski definition) is 4. The molecule has 1 saturated heterocycles. The van der Waals surface area contributed by atoms with Gasteiger partial charge in [0.05, 0.1) is 29.9 Å². The lowest BCUT2D eigenvalue weighted by Gasteiger charge is -2.44. The molecule has 0 bridgehead atoms. The molecule has 6 heteroatoms. The van der Waals surface area contributed by atoms with Crippen LogP contribution < -0.4 is 0 Å². The number of carbonyl (C=O) groups excluding carboxylic acids is 1. The van der Waals surface area contributed by atoms with Crippen LogP contribution in [0, 0.1) is 6.92 Å². The van der Waals surface area contributed by atoms with E-state index in [1.54, 1.807) is 22.7 Å². The molecule has 1 aliphatic heterocycles. The first-order valence-electron chi connectivity index (χ1n) is 6.18. The SMILES string of the molecule is Cc1nn(C)c2ncc(C(=O)N3CC(C)(O)C3)cc12. The molecule has 6 nitrogen and oxygen atoms in total. The lowest BCUT2D eigenvalue weighted by atomic mass is 9.96. The zero-order valence-corrected chi connectivity index (χ0v) is 11.2. The maximum Gasteiger partial charge on any atom is 0.255 e. The lowest BCUT2D eigenvalue weighted by Crippen LogP contribution is -2.61. The smallest absolute Gasteiger partial charge is 0.255 e. The Bertz CT molecular complexity index is 667. The topological polar surface area (TPSA) is 71.2 Å². The van der Waals surface area contributed by atoms with Crippen LogP contribution in [-0.4, -0.2) is 49.4 Å². The van der Waals surface area contributed by atoms with Gasteiger partial charge in [0.15, 0.2) is 5.65 Å². The van der Waals surface area contributed by atoms with Gasteiger partial charge in [-0.2, -0.15) is 5.10 Å². The second-order valence-corrected chi connectivity index (χ2v) is 5.46. The first kappa shape index (κ1) is 12.1. The molecule has 0 aromatic carbocycles. The Morgan fingerprint density at radius 1 is 1.47 bits per heavy atom. The molecule has 0 aliphatic carbocycles. The van der Waals surface area contributed by atoms with Gasteiger partial charge in [0, 0.05) is 18.6 Å². The molecule has 19 heavy (non-hydrogen) atoms. The molecule has 1 fully saturated rings. The van der Waals surface area contributed by atoms with E-state index in [1.807, 2.05) is 20.0 Å². The Balaban J connectivity index is 1.93. The third-order valence-electron chi connectivity index (χ3n) is 3.46. The molecule has 0 unspecified atom stereocenters. The van der Waals surface area contributed by atoms with Gasteiger partial charge < -0.3 is 10.0 Å². The molecule has 2 aromatic heterocycles. The summed E-state index contributed by atoms with van der Waals surface area (Å²) < 4.78 is 1.70. The first-order chi connectivity index (χ1) is 8.87. The monoisotopic (exact) mass is 260 g/mol. The van der Waals surface area contributed by atoms with Gasteiger partial charge in [-0.3, -0.25) is 9.48 Å². The maximum absolute atomic E-state index is 12.2. The Labute approximate surface area is 110 Å². The molecule has 3 heterocycles. The number of amides is 1. The number of likely N-dealkylation sites (tertiary alicyclic amines) is 1. The third-order valence-corrected chi connectivity index (χ3v) is 3.46. The zero-order valence-electron chi connectivity index (χ0n) is 11.2. The van der Waals surface area contributed by atoms with E-state index in [0.717, 1.165) is 16.7 Å². The van der Waals surface area contributed by atoms with Gasteiger partial charge in [0.2, 0.25) is 0 Å². The summed E-state index contributed by atoms with van der Waals surface area (Å²) in [7, 11) is 1.83. The average molecular weight is 260 g/mol. The van der Waals surface area contributed by atoms with Gasteiger partial charge >= 0.3 is 0 Å². The summed E-state index contributed by atoms with van der Waals surface area (Å²) in [6.45, 7) is 4.36. The standard InChI is InChI=1S/C13H16N4O2/c1-8-10-4-9(5-14-11(10)16(3)15-8)12(18)17-6-13(2,19)7-17/h4-5,19H,6-7H2,1-3H3. The highest BCUT2D eigenvalue weighted by Crippen LogP contribution is 2.23. The summed E-state index contributed by atoms with van der Waals surface area (Å²) in [5.41, 5.74) is 1.41. The molecule has 100 valence electrons. The van der Waals surface area contributed by atoms with Crippen LogP contribution in [0.5, 0.6) is 0 Å². The predicted octanol–water partition coefficient (Wildman–Crippen LogP) is 0.484. The number of nitrogens with zero attached hydrogens (tertiary/aromatic N) is 4. The van der Waals surface area contributed by atoms with E-state index in [4.69, 9.17) is 0 Å². The number of aryl methyl sites for hydroxylation is 2. The number of pyridine rings is 1. The number of aliphatic hydroxyl groups is 1. The van der Waals surface area contributed by atoms with Gasteiger partial charge in [-0.25, -0.2) is 4.98 Å². The fourth-order valence-electron chi connectivity index (χ4n) is 2.53. The Morgan fingerprint density at radius 3 is 2.79 bits per heavy atom. The molecule has 0 radical (unpaired) electrons. The van der Waals surface area contributed by atoms with Crippen molar-refractivity contribution in [2.24, 2.45) is 7.05 Å². The molecule has 0 atom stereocenters. The van der Waals surface area contributed by atoms with E-state index in [-0.39, 0.29) is 5.91 Å². The Morgan fingerprint density at radius 2 is 2.16 bits per heavy atom. The van der Waals surface area contributed by atoms with E-state index in [2.05, 4.69) is 10.1 Å². The number of hydrogen-bond donors (Lipinski definition) is 1. The second kappa shape index (κ2) is 3.77. The minimum Gasteiger partial charge on any atom is -0.386 e. The average Bonchev–Trinajstić information content (AvgIpc) is 2.61. The molecule has 0 spiro atoms. The van der Waals surface area contributed by atoms with Crippen LogP contribution in [-0.2, 0) is 7.05 Å². The quantitative estimate of drug-likeness (QED) is 0.809. The molecular formula is C13H16N4O2. The van der Waals surface area contributed by atoms with E-state index < -0.39 is 5.60 Å². The summed E-state index contributed by atoms with van der Waals surface area (Å²) in [6.07, 6.45) is 1.57. The second-order valence-electron chi connectivity index (χ2n) is 5.46. The van der Waals surface area contributed by atoms with E-state index in [1.165, 1.54) is 0 Å². The molecule has 1 aliphatic rings. The molecular weight excluding hydrogens is 244 g/mol. The number of carbonyl (C=O) groups is 1. The first-order valence-corrected chi connectivity index (χ1v) is 6.18. The van der Waals surface area contributed by atoms with Crippen LogP contribution in [0.2, 0.25) is 0 Å². The normalized spacial score (nSPS) is 17.6. The molecule has 1 N–H and O–H groups in total. The summed E-state index contributed by atoms with van der Waals surface area (Å²) in [5, 5.41) is 14.8. The van der Waals surface area contributed by atoms with Crippen molar-refractivity contribution >= 4 is 16.9 Å². The van der Waals surface area contributed by atoms with Crippen molar-refractivity contribution in [2.45, 2.75) is 19.4 Å². The predicted molar refractivity (Wildman–Crippen MR) is 69.8 cm³/mol. The largest absolute Gasteiger partial charge is 0.386 e. The Hall–Kier alpha value is -1.95. The minimum absolute atomic E-state index is 0.0934. The van der Waals surface area contributed by atoms with Crippen molar-refractivity contribution in [3.8, 4) is 0 Å². The van der Waals surface area contributed by atoms with Gasteiger partial charge in [0.25, 0.3) is 5.91 Å². The number of aromatic nitrogens is 3. The Kier molecular flexibility index (Phi) is 2.40. The minimum atomic E-state index is -0.753. The van der Waals surface area contributed by atoms with Gasteiger partial charge in [-0.15, -0.1) is 0 Å². The van der Waals surface area contributed by atoms with Crippen molar-refractivity contribution in [1.29, 1.82) is 0 Å². The molecule has 0 saturated carbocycles. The maximum atomic E-state index is 12.2. The molecule has 1 amide bonds. The summed E-state index contributed by atoms with van der Waals surface area (Å²) in [5.74, 6) is -0.0934. The number of β-amino-alcohol motifs (C(OH)–C–C–N with tert-alkyl or cyclic N) is 1. The van der Waals surface area contributed by atoms with Crippen molar-refractivity contribution in [3.05, 3.63) is 23.5 Å². The van der Waals surface area contributed by atoms with Crippen LogP contribution in [0.3, 0.4) is 0 Å². The highest BCUT2D eigenvalue weighted by molar-refractivity contribution is 5.97. The van der Waals surface area contributed by atoms with Crippen molar-refractivity contribution < 1.29 is 9.90 Å². The van der Waals surface area contributed by atoms with Crippen LogP contribution in [0.1, 0.15) is 23.0 Å². The number of fused-ring (bicyclic) bond motifs is 1. The lowest BCUT2D eigenvalue weighted by molar-refractivity contribution is -0.0668. The highest BCUT2D eigenvalue weighted by atomic mass is 16.3. The van der Waals surface area contributed by atoms with Crippen LogP contribution in [0.25, 0.3) is 11.0 Å². The highest BCUT2D eigenvalue weighted by Gasteiger charge is 2.39.